The van der Waals surface area contributed by atoms with Gasteiger partial charge in [0.15, 0.2) is 0 Å². The number of aliphatic carboxylic acids is 1. The van der Waals surface area contributed by atoms with E-state index < -0.39 is 18.1 Å². The van der Waals surface area contributed by atoms with Gasteiger partial charge in [-0.1, -0.05) is 6.92 Å². The molecule has 1 saturated heterocycles. The van der Waals surface area contributed by atoms with Gasteiger partial charge in [0.1, 0.15) is 6.04 Å². The molecular weight excluding hydrogens is 212 g/mol. The summed E-state index contributed by atoms with van der Waals surface area (Å²) >= 11 is 0. The van der Waals surface area contributed by atoms with Gasteiger partial charge in [-0.05, 0) is 12.8 Å². The number of nitrogens with one attached hydrogen (secondary N) is 1. The fourth-order valence-corrected chi connectivity index (χ4v) is 2.00. The van der Waals surface area contributed by atoms with Crippen LogP contribution in [0.15, 0.2) is 0 Å². The van der Waals surface area contributed by atoms with Gasteiger partial charge in [-0.15, -0.1) is 0 Å². The Hall–Kier alpha value is -1.30. The van der Waals surface area contributed by atoms with Crippen LogP contribution in [0.5, 0.6) is 0 Å². The summed E-state index contributed by atoms with van der Waals surface area (Å²) in [7, 11) is 1.31. The molecule has 16 heavy (non-hydrogen) atoms. The molecule has 1 aliphatic heterocycles. The average molecular weight is 230 g/mol. The fourth-order valence-electron chi connectivity index (χ4n) is 2.00. The van der Waals surface area contributed by atoms with Crippen LogP contribution < -0.4 is 5.32 Å². The molecule has 1 rings (SSSR count). The Kier molecular flexibility index (Phi) is 4.54. The molecule has 1 amide bonds. The monoisotopic (exact) mass is 230 g/mol. The van der Waals surface area contributed by atoms with Crippen LogP contribution in [0.3, 0.4) is 0 Å². The van der Waals surface area contributed by atoms with Gasteiger partial charge in [0.25, 0.3) is 0 Å². The van der Waals surface area contributed by atoms with Crippen LogP contribution in [-0.4, -0.2) is 54.4 Å². The fraction of sp³-hybridized carbons (Fsp3) is 0.800. The minimum absolute atomic E-state index is 0.0131. The van der Waals surface area contributed by atoms with Crippen LogP contribution in [0.4, 0.5) is 4.79 Å². The zero-order valence-electron chi connectivity index (χ0n) is 9.60. The lowest BCUT2D eigenvalue weighted by molar-refractivity contribution is -0.143. The number of nitrogens with zero attached hydrogens (tertiary/aromatic N) is 1. The predicted molar refractivity (Wildman–Crippen MR) is 57.2 cm³/mol. The second-order valence-electron chi connectivity index (χ2n) is 3.88. The molecule has 1 aliphatic rings. The molecule has 6 nitrogen and oxygen atoms in total. The van der Waals surface area contributed by atoms with Crippen molar-refractivity contribution in [1.29, 1.82) is 0 Å². The summed E-state index contributed by atoms with van der Waals surface area (Å²) in [6.45, 7) is 3.11. The van der Waals surface area contributed by atoms with Gasteiger partial charge in [0, 0.05) is 19.1 Å². The van der Waals surface area contributed by atoms with E-state index in [1.54, 1.807) is 0 Å². The lowest BCUT2D eigenvalue weighted by Gasteiger charge is -2.22. The highest BCUT2D eigenvalue weighted by molar-refractivity contribution is 5.73. The van der Waals surface area contributed by atoms with Crippen LogP contribution in [-0.2, 0) is 9.53 Å². The van der Waals surface area contributed by atoms with Gasteiger partial charge >= 0.3 is 12.1 Å². The minimum atomic E-state index is -0.804. The molecule has 0 aromatic rings. The van der Waals surface area contributed by atoms with Crippen molar-refractivity contribution in [3.8, 4) is 0 Å². The molecule has 92 valence electrons. The third-order valence-electron chi connectivity index (χ3n) is 2.84. The highest BCUT2D eigenvalue weighted by Crippen LogP contribution is 2.15. The van der Waals surface area contributed by atoms with E-state index in [2.05, 4.69) is 10.1 Å². The summed E-state index contributed by atoms with van der Waals surface area (Å²) in [4.78, 5) is 23.8. The van der Waals surface area contributed by atoms with Crippen molar-refractivity contribution in [1.82, 2.24) is 10.2 Å². The molecule has 0 saturated carbocycles. The molecule has 1 fully saturated rings. The first-order valence-corrected chi connectivity index (χ1v) is 5.39. The normalized spacial score (nSPS) is 22.8. The molecule has 2 unspecified atom stereocenters. The number of alkyl carbamates (subject to hydrolysis) is 1. The topological polar surface area (TPSA) is 78.9 Å². The third kappa shape index (κ3) is 3.10. The Balaban J connectivity index is 2.45. The van der Waals surface area contributed by atoms with E-state index in [1.165, 1.54) is 7.11 Å². The number of carboxylic acid groups (broad SMARTS) is 1. The van der Waals surface area contributed by atoms with Crippen LogP contribution in [0.25, 0.3) is 0 Å². The Morgan fingerprint density at radius 3 is 2.81 bits per heavy atom. The van der Waals surface area contributed by atoms with Crippen molar-refractivity contribution < 1.29 is 19.4 Å². The van der Waals surface area contributed by atoms with E-state index in [0.717, 1.165) is 6.42 Å². The average Bonchev–Trinajstić information content (AvgIpc) is 2.66. The van der Waals surface area contributed by atoms with Crippen LogP contribution in [0.2, 0.25) is 0 Å². The quantitative estimate of drug-likeness (QED) is 0.725. The van der Waals surface area contributed by atoms with Crippen molar-refractivity contribution in [3.63, 3.8) is 0 Å². The summed E-state index contributed by atoms with van der Waals surface area (Å²) in [5, 5.41) is 11.7. The van der Waals surface area contributed by atoms with E-state index in [0.29, 0.717) is 19.5 Å². The van der Waals surface area contributed by atoms with Crippen molar-refractivity contribution in [3.05, 3.63) is 0 Å². The second-order valence-corrected chi connectivity index (χ2v) is 3.88. The molecular formula is C10H18N2O4. The molecule has 0 aromatic heterocycles. The van der Waals surface area contributed by atoms with Gasteiger partial charge < -0.3 is 15.2 Å². The number of rotatable bonds is 4. The van der Waals surface area contributed by atoms with Crippen molar-refractivity contribution in [2.75, 3.05) is 20.2 Å². The van der Waals surface area contributed by atoms with Crippen molar-refractivity contribution in [2.45, 2.75) is 31.8 Å². The number of methoxy groups -OCH3 is 1. The van der Waals surface area contributed by atoms with Gasteiger partial charge in [-0.25, -0.2) is 4.79 Å². The molecule has 0 aromatic carbocycles. The Morgan fingerprint density at radius 2 is 2.31 bits per heavy atom. The number of ether oxygens (including phenoxy) is 1. The van der Waals surface area contributed by atoms with E-state index in [4.69, 9.17) is 5.11 Å². The van der Waals surface area contributed by atoms with E-state index >= 15 is 0 Å². The number of amides is 1. The van der Waals surface area contributed by atoms with E-state index in [9.17, 15) is 9.59 Å². The van der Waals surface area contributed by atoms with Crippen molar-refractivity contribution >= 4 is 12.1 Å². The number of carbonyl (C=O) groups excluding carboxylic acids is 1. The number of hydrogen-bond donors (Lipinski definition) is 2. The van der Waals surface area contributed by atoms with Gasteiger partial charge in [0.05, 0.1) is 7.11 Å². The smallest absolute Gasteiger partial charge is 0.407 e. The minimum Gasteiger partial charge on any atom is -0.480 e. The molecule has 6 heteroatoms. The maximum atomic E-state index is 11.0. The number of hydrogen-bond acceptors (Lipinski definition) is 4. The van der Waals surface area contributed by atoms with Crippen LogP contribution in [0, 0.1) is 0 Å². The first-order chi connectivity index (χ1) is 7.58. The largest absolute Gasteiger partial charge is 0.480 e. The molecule has 0 spiro atoms. The zero-order valence-corrected chi connectivity index (χ0v) is 9.60. The number of carboxylic acids is 1. The van der Waals surface area contributed by atoms with E-state index in [-0.39, 0.29) is 6.04 Å². The van der Waals surface area contributed by atoms with E-state index in [1.807, 2.05) is 11.8 Å². The summed E-state index contributed by atoms with van der Waals surface area (Å²) in [6.07, 6.45) is 0.870. The molecule has 0 radical (unpaired) electrons. The van der Waals surface area contributed by atoms with Crippen LogP contribution >= 0.6 is 0 Å². The summed E-state index contributed by atoms with van der Waals surface area (Å²) < 4.78 is 4.50. The SMILES string of the molecule is CCC(C(=O)O)N1CCC(NC(=O)OC)C1. The molecule has 0 bridgehead atoms. The Bertz CT molecular complexity index is 270. The lowest BCUT2D eigenvalue weighted by Crippen LogP contribution is -2.42. The Morgan fingerprint density at radius 1 is 1.62 bits per heavy atom. The summed E-state index contributed by atoms with van der Waals surface area (Å²) in [5.41, 5.74) is 0. The third-order valence-corrected chi connectivity index (χ3v) is 2.84. The maximum Gasteiger partial charge on any atom is 0.407 e. The molecule has 0 aliphatic carbocycles. The number of carbonyl (C=O) groups is 2. The second kappa shape index (κ2) is 5.69. The maximum absolute atomic E-state index is 11.0. The van der Waals surface area contributed by atoms with Crippen LogP contribution in [0.1, 0.15) is 19.8 Å². The zero-order chi connectivity index (χ0) is 12.1. The first-order valence-electron chi connectivity index (χ1n) is 5.39. The number of likely N-dealkylation sites (tertiary alicyclic amines) is 1. The highest BCUT2D eigenvalue weighted by Gasteiger charge is 2.31. The standard InChI is InChI=1S/C10H18N2O4/c1-3-8(9(13)14)12-5-4-7(6-12)11-10(15)16-2/h7-8H,3-6H2,1-2H3,(H,11,15)(H,13,14). The highest BCUT2D eigenvalue weighted by atomic mass is 16.5. The van der Waals surface area contributed by atoms with Gasteiger partial charge in [0.2, 0.25) is 0 Å². The van der Waals surface area contributed by atoms with Gasteiger partial charge in [-0.2, -0.15) is 0 Å². The first kappa shape index (κ1) is 12.8. The molecule has 1 heterocycles. The Labute approximate surface area is 94.6 Å². The molecule has 2 N–H and O–H groups in total. The van der Waals surface area contributed by atoms with Gasteiger partial charge in [-0.3, -0.25) is 9.69 Å². The predicted octanol–water partition coefficient (Wildman–Crippen LogP) is 0.280. The van der Waals surface area contributed by atoms with Crippen molar-refractivity contribution in [2.24, 2.45) is 0 Å². The summed E-state index contributed by atoms with van der Waals surface area (Å²) in [6, 6.07) is -0.467. The lowest BCUT2D eigenvalue weighted by atomic mass is 10.2. The molecule has 2 atom stereocenters. The summed E-state index contributed by atoms with van der Waals surface area (Å²) in [5.74, 6) is -0.804.